The molecule has 1 atom stereocenters. The minimum atomic E-state index is -0.641. The van der Waals surface area contributed by atoms with E-state index in [4.69, 9.17) is 4.74 Å². The molecule has 0 aromatic carbocycles. The standard InChI is InChI=1S/C8H15NO4S/c1-4-13-7(10)6(5-14-3)9-8(11)12-2/h6H,4-5H2,1-3H3,(H,9,11)/t6-/m0/s1. The first-order valence-corrected chi connectivity index (χ1v) is 5.55. The van der Waals surface area contributed by atoms with Gasteiger partial charge in [0.05, 0.1) is 13.7 Å². The third-order valence-corrected chi connectivity index (χ3v) is 2.05. The van der Waals surface area contributed by atoms with Crippen molar-refractivity contribution < 1.29 is 19.1 Å². The van der Waals surface area contributed by atoms with Crippen LogP contribution in [0.25, 0.3) is 0 Å². The van der Waals surface area contributed by atoms with Crippen LogP contribution in [0.15, 0.2) is 0 Å². The second-order valence-corrected chi connectivity index (χ2v) is 3.31. The summed E-state index contributed by atoms with van der Waals surface area (Å²) in [5, 5.41) is 2.40. The maximum atomic E-state index is 11.3. The number of esters is 1. The molecule has 0 unspecified atom stereocenters. The van der Waals surface area contributed by atoms with Crippen LogP contribution in [0.3, 0.4) is 0 Å². The van der Waals surface area contributed by atoms with Crippen molar-refractivity contribution in [3.05, 3.63) is 0 Å². The van der Waals surface area contributed by atoms with Gasteiger partial charge in [0.15, 0.2) is 0 Å². The van der Waals surface area contributed by atoms with E-state index in [-0.39, 0.29) is 0 Å². The van der Waals surface area contributed by atoms with Crippen LogP contribution in [0.4, 0.5) is 4.79 Å². The molecule has 0 fully saturated rings. The van der Waals surface area contributed by atoms with Crippen LogP contribution in [-0.4, -0.2) is 43.8 Å². The van der Waals surface area contributed by atoms with E-state index in [2.05, 4.69) is 10.1 Å². The van der Waals surface area contributed by atoms with E-state index in [1.807, 2.05) is 6.26 Å². The Morgan fingerprint density at radius 1 is 1.50 bits per heavy atom. The molecule has 82 valence electrons. The molecule has 0 rings (SSSR count). The summed E-state index contributed by atoms with van der Waals surface area (Å²) in [7, 11) is 1.25. The number of carbonyl (C=O) groups excluding carboxylic acids is 2. The van der Waals surface area contributed by atoms with Crippen LogP contribution >= 0.6 is 11.8 Å². The van der Waals surface area contributed by atoms with Gasteiger partial charge < -0.3 is 14.8 Å². The maximum Gasteiger partial charge on any atom is 0.407 e. The summed E-state index contributed by atoms with van der Waals surface area (Å²) in [5.74, 6) is 0.0285. The molecule has 0 saturated carbocycles. The zero-order valence-electron chi connectivity index (χ0n) is 8.53. The van der Waals surface area contributed by atoms with Crippen molar-refractivity contribution in [2.45, 2.75) is 13.0 Å². The summed E-state index contributed by atoms with van der Waals surface area (Å²) in [5.41, 5.74) is 0. The first-order chi connectivity index (χ1) is 6.65. The van der Waals surface area contributed by atoms with Gasteiger partial charge in [0.1, 0.15) is 6.04 Å². The van der Waals surface area contributed by atoms with Crippen LogP contribution in [0.5, 0.6) is 0 Å². The number of nitrogens with one attached hydrogen (secondary N) is 1. The number of hydrogen-bond donors (Lipinski definition) is 1. The molecule has 0 aliphatic rings. The topological polar surface area (TPSA) is 64.6 Å². The first kappa shape index (κ1) is 13.1. The van der Waals surface area contributed by atoms with Crippen molar-refractivity contribution in [1.29, 1.82) is 0 Å². The summed E-state index contributed by atoms with van der Waals surface area (Å²) in [4.78, 5) is 22.1. The lowest BCUT2D eigenvalue weighted by atomic mass is 10.3. The Hall–Kier alpha value is -0.910. The van der Waals surface area contributed by atoms with Crippen LogP contribution in [-0.2, 0) is 14.3 Å². The molecule has 1 amide bonds. The summed E-state index contributed by atoms with van der Waals surface area (Å²) in [6, 6.07) is -0.641. The molecule has 0 radical (unpaired) electrons. The minimum absolute atomic E-state index is 0.298. The van der Waals surface area contributed by atoms with E-state index in [0.717, 1.165) is 0 Å². The smallest absolute Gasteiger partial charge is 0.407 e. The Morgan fingerprint density at radius 3 is 2.57 bits per heavy atom. The van der Waals surface area contributed by atoms with Crippen molar-refractivity contribution in [1.82, 2.24) is 5.32 Å². The largest absolute Gasteiger partial charge is 0.464 e. The number of rotatable bonds is 5. The van der Waals surface area contributed by atoms with E-state index < -0.39 is 18.1 Å². The average molecular weight is 221 g/mol. The molecular weight excluding hydrogens is 206 g/mol. The van der Waals surface area contributed by atoms with Gasteiger partial charge in [0.2, 0.25) is 0 Å². The second kappa shape index (κ2) is 7.49. The van der Waals surface area contributed by atoms with E-state index in [9.17, 15) is 9.59 Å². The summed E-state index contributed by atoms with van der Waals surface area (Å²) < 4.78 is 9.17. The predicted octanol–water partition coefficient (Wildman–Crippen LogP) is 0.637. The molecule has 14 heavy (non-hydrogen) atoms. The maximum absolute atomic E-state index is 11.3. The number of hydrogen-bond acceptors (Lipinski definition) is 5. The summed E-state index contributed by atoms with van der Waals surface area (Å²) >= 11 is 1.45. The molecular formula is C8H15NO4S. The zero-order chi connectivity index (χ0) is 11.0. The highest BCUT2D eigenvalue weighted by Gasteiger charge is 2.21. The Labute approximate surface area is 87.5 Å². The average Bonchev–Trinajstić information content (AvgIpc) is 2.17. The SMILES string of the molecule is CCOC(=O)[C@H](CSC)NC(=O)OC. The lowest BCUT2D eigenvalue weighted by Gasteiger charge is -2.14. The Morgan fingerprint density at radius 2 is 2.14 bits per heavy atom. The van der Waals surface area contributed by atoms with Crippen LogP contribution in [0, 0.1) is 0 Å². The number of thioether (sulfide) groups is 1. The third kappa shape index (κ3) is 4.96. The molecule has 0 saturated heterocycles. The lowest BCUT2D eigenvalue weighted by molar-refractivity contribution is -0.144. The third-order valence-electron chi connectivity index (χ3n) is 1.38. The quantitative estimate of drug-likeness (QED) is 0.690. The number of carbonyl (C=O) groups is 2. The highest BCUT2D eigenvalue weighted by Crippen LogP contribution is 2.00. The number of amides is 1. The van der Waals surface area contributed by atoms with Gasteiger partial charge in [0, 0.05) is 5.75 Å². The molecule has 0 aromatic heterocycles. The number of methoxy groups -OCH3 is 1. The molecule has 0 aromatic rings. The van der Waals surface area contributed by atoms with Gasteiger partial charge >= 0.3 is 12.1 Å². The molecule has 0 spiro atoms. The number of ether oxygens (including phenoxy) is 2. The van der Waals surface area contributed by atoms with E-state index in [1.54, 1.807) is 6.92 Å². The molecule has 0 heterocycles. The first-order valence-electron chi connectivity index (χ1n) is 4.15. The fourth-order valence-electron chi connectivity index (χ4n) is 0.779. The van der Waals surface area contributed by atoms with Crippen LogP contribution in [0.2, 0.25) is 0 Å². The lowest BCUT2D eigenvalue weighted by Crippen LogP contribution is -2.43. The second-order valence-electron chi connectivity index (χ2n) is 2.40. The minimum Gasteiger partial charge on any atom is -0.464 e. The van der Waals surface area contributed by atoms with Gasteiger partial charge in [-0.2, -0.15) is 11.8 Å². The van der Waals surface area contributed by atoms with Crippen molar-refractivity contribution in [3.8, 4) is 0 Å². The van der Waals surface area contributed by atoms with Gasteiger partial charge in [0.25, 0.3) is 0 Å². The molecule has 6 heteroatoms. The summed E-state index contributed by atoms with van der Waals surface area (Å²) in [6.45, 7) is 2.01. The van der Waals surface area contributed by atoms with Crippen molar-refractivity contribution in [2.75, 3.05) is 25.7 Å². The Balaban J connectivity index is 4.13. The fraction of sp³-hybridized carbons (Fsp3) is 0.750. The molecule has 1 N–H and O–H groups in total. The van der Waals surface area contributed by atoms with Gasteiger partial charge in [-0.3, -0.25) is 0 Å². The van der Waals surface area contributed by atoms with E-state index in [0.29, 0.717) is 12.4 Å². The van der Waals surface area contributed by atoms with E-state index in [1.165, 1.54) is 18.9 Å². The molecule has 0 aliphatic carbocycles. The van der Waals surface area contributed by atoms with Crippen molar-refractivity contribution in [3.63, 3.8) is 0 Å². The van der Waals surface area contributed by atoms with Crippen molar-refractivity contribution >= 4 is 23.8 Å². The van der Waals surface area contributed by atoms with E-state index >= 15 is 0 Å². The Kier molecular flexibility index (Phi) is 7.00. The number of alkyl carbamates (subject to hydrolysis) is 1. The molecule has 5 nitrogen and oxygen atoms in total. The van der Waals surface area contributed by atoms with Gasteiger partial charge in [-0.15, -0.1) is 0 Å². The Bertz CT molecular complexity index is 198. The highest BCUT2D eigenvalue weighted by molar-refractivity contribution is 7.98. The molecule has 0 bridgehead atoms. The fourth-order valence-corrected chi connectivity index (χ4v) is 1.33. The monoisotopic (exact) mass is 221 g/mol. The predicted molar refractivity (Wildman–Crippen MR) is 54.3 cm³/mol. The normalized spacial score (nSPS) is 11.6. The highest BCUT2D eigenvalue weighted by atomic mass is 32.2. The summed E-state index contributed by atoms with van der Waals surface area (Å²) in [6.07, 6.45) is 1.21. The van der Waals surface area contributed by atoms with Crippen molar-refractivity contribution in [2.24, 2.45) is 0 Å². The molecule has 0 aliphatic heterocycles. The zero-order valence-corrected chi connectivity index (χ0v) is 9.35. The van der Waals surface area contributed by atoms with Gasteiger partial charge in [-0.05, 0) is 13.2 Å². The van der Waals surface area contributed by atoms with Crippen LogP contribution in [0.1, 0.15) is 6.92 Å². The van der Waals surface area contributed by atoms with Gasteiger partial charge in [-0.25, -0.2) is 9.59 Å². The van der Waals surface area contributed by atoms with Crippen LogP contribution < -0.4 is 5.32 Å². The van der Waals surface area contributed by atoms with Gasteiger partial charge in [-0.1, -0.05) is 0 Å².